The summed E-state index contributed by atoms with van der Waals surface area (Å²) in [6, 6.07) is 5.30. The third kappa shape index (κ3) is 4.06. The van der Waals surface area contributed by atoms with Crippen LogP contribution in [-0.4, -0.2) is 6.04 Å². The minimum absolute atomic E-state index is 0.0845. The van der Waals surface area contributed by atoms with Crippen LogP contribution in [0.15, 0.2) is 22.7 Å². The molecule has 0 bridgehead atoms. The summed E-state index contributed by atoms with van der Waals surface area (Å²) in [6.07, 6.45) is 8.34. The summed E-state index contributed by atoms with van der Waals surface area (Å²) in [4.78, 5) is 0. The van der Waals surface area contributed by atoms with E-state index < -0.39 is 0 Å². The summed E-state index contributed by atoms with van der Waals surface area (Å²) in [5.74, 6) is 0.714. The molecular weight excluding hydrogens is 293 g/mol. The first kappa shape index (κ1) is 14.0. The zero-order valence-corrected chi connectivity index (χ0v) is 12.3. The van der Waals surface area contributed by atoms with Gasteiger partial charge in [0.1, 0.15) is 5.82 Å². The van der Waals surface area contributed by atoms with Crippen LogP contribution in [0, 0.1) is 11.7 Å². The van der Waals surface area contributed by atoms with Crippen molar-refractivity contribution in [1.29, 1.82) is 0 Å². The predicted octanol–water partition coefficient (Wildman–Crippen LogP) is 4.43. The fourth-order valence-corrected chi connectivity index (χ4v) is 3.15. The number of benzene rings is 1. The molecule has 2 N–H and O–H groups in total. The lowest BCUT2D eigenvalue weighted by molar-refractivity contribution is 0.444. The summed E-state index contributed by atoms with van der Waals surface area (Å²) in [5, 5.41) is 0. The number of hydrogen-bond acceptors (Lipinski definition) is 1. The van der Waals surface area contributed by atoms with Crippen LogP contribution >= 0.6 is 15.9 Å². The van der Waals surface area contributed by atoms with Gasteiger partial charge < -0.3 is 5.73 Å². The molecule has 1 nitrogen and oxygen atoms in total. The molecule has 1 saturated carbocycles. The van der Waals surface area contributed by atoms with Crippen LogP contribution in [-0.2, 0) is 6.42 Å². The zero-order valence-electron chi connectivity index (χ0n) is 10.7. The molecule has 2 rings (SSSR count). The van der Waals surface area contributed by atoms with Crippen molar-refractivity contribution in [2.24, 2.45) is 11.7 Å². The van der Waals surface area contributed by atoms with Crippen molar-refractivity contribution in [3.63, 3.8) is 0 Å². The van der Waals surface area contributed by atoms with Crippen LogP contribution in [0.25, 0.3) is 0 Å². The second-order valence-corrected chi connectivity index (χ2v) is 6.34. The molecule has 0 aliphatic heterocycles. The van der Waals surface area contributed by atoms with Crippen LogP contribution in [0.1, 0.15) is 44.1 Å². The zero-order chi connectivity index (χ0) is 13.0. The van der Waals surface area contributed by atoms with E-state index in [9.17, 15) is 4.39 Å². The third-order valence-electron chi connectivity index (χ3n) is 3.92. The number of hydrogen-bond donors (Lipinski definition) is 1. The molecule has 0 aromatic heterocycles. The van der Waals surface area contributed by atoms with E-state index in [0.717, 1.165) is 22.4 Å². The second-order valence-electron chi connectivity index (χ2n) is 5.43. The molecule has 1 fully saturated rings. The molecule has 0 saturated heterocycles. The SMILES string of the molecule is NC(CCC1CCCC1)Cc1ccc(Br)cc1F. The number of rotatable bonds is 5. The highest BCUT2D eigenvalue weighted by atomic mass is 79.9. The van der Waals surface area contributed by atoms with Gasteiger partial charge in [-0.3, -0.25) is 0 Å². The van der Waals surface area contributed by atoms with Gasteiger partial charge in [0.05, 0.1) is 0 Å². The Kier molecular flexibility index (Phi) is 5.19. The van der Waals surface area contributed by atoms with E-state index >= 15 is 0 Å². The molecule has 1 atom stereocenters. The van der Waals surface area contributed by atoms with Crippen LogP contribution in [0.2, 0.25) is 0 Å². The standard InChI is InChI=1S/C15H21BrFN/c16-13-7-6-12(15(17)10-13)9-14(18)8-5-11-3-1-2-4-11/h6-7,10-11,14H,1-5,8-9,18H2. The van der Waals surface area contributed by atoms with Crippen LogP contribution < -0.4 is 5.73 Å². The number of halogens is 2. The van der Waals surface area contributed by atoms with Gasteiger partial charge in [-0.05, 0) is 42.9 Å². The summed E-state index contributed by atoms with van der Waals surface area (Å²) in [7, 11) is 0. The van der Waals surface area contributed by atoms with Crippen LogP contribution in [0.4, 0.5) is 4.39 Å². The molecule has 18 heavy (non-hydrogen) atoms. The topological polar surface area (TPSA) is 26.0 Å². The maximum atomic E-state index is 13.7. The molecular formula is C15H21BrFN. The minimum Gasteiger partial charge on any atom is -0.327 e. The molecule has 1 aliphatic rings. The van der Waals surface area contributed by atoms with E-state index in [1.54, 1.807) is 0 Å². The van der Waals surface area contributed by atoms with E-state index in [2.05, 4.69) is 15.9 Å². The van der Waals surface area contributed by atoms with Gasteiger partial charge >= 0.3 is 0 Å². The summed E-state index contributed by atoms with van der Waals surface area (Å²) in [5.41, 5.74) is 6.85. The first-order chi connectivity index (χ1) is 8.65. The predicted molar refractivity (Wildman–Crippen MR) is 77.0 cm³/mol. The monoisotopic (exact) mass is 313 g/mol. The maximum Gasteiger partial charge on any atom is 0.127 e. The normalized spacial score (nSPS) is 18.2. The Morgan fingerprint density at radius 1 is 1.33 bits per heavy atom. The summed E-state index contributed by atoms with van der Waals surface area (Å²) < 4.78 is 14.4. The molecule has 0 amide bonds. The fourth-order valence-electron chi connectivity index (χ4n) is 2.82. The van der Waals surface area contributed by atoms with Crippen molar-refractivity contribution in [2.75, 3.05) is 0 Å². The lowest BCUT2D eigenvalue weighted by atomic mass is 9.95. The fraction of sp³-hybridized carbons (Fsp3) is 0.600. The summed E-state index contributed by atoms with van der Waals surface area (Å²) >= 11 is 3.27. The molecule has 1 aromatic rings. The smallest absolute Gasteiger partial charge is 0.127 e. The Morgan fingerprint density at radius 2 is 2.06 bits per heavy atom. The van der Waals surface area contributed by atoms with Gasteiger partial charge in [0.15, 0.2) is 0 Å². The highest BCUT2D eigenvalue weighted by Crippen LogP contribution is 2.29. The molecule has 3 heteroatoms. The van der Waals surface area contributed by atoms with E-state index in [0.29, 0.717) is 6.42 Å². The third-order valence-corrected chi connectivity index (χ3v) is 4.41. The van der Waals surface area contributed by atoms with Crippen molar-refractivity contribution in [3.8, 4) is 0 Å². The second kappa shape index (κ2) is 6.67. The van der Waals surface area contributed by atoms with Crippen molar-refractivity contribution < 1.29 is 4.39 Å². The van der Waals surface area contributed by atoms with E-state index in [1.807, 2.05) is 12.1 Å². The van der Waals surface area contributed by atoms with Gasteiger partial charge in [0.25, 0.3) is 0 Å². The summed E-state index contributed by atoms with van der Waals surface area (Å²) in [6.45, 7) is 0. The average Bonchev–Trinajstić information content (AvgIpc) is 2.83. The highest BCUT2D eigenvalue weighted by Gasteiger charge is 2.16. The first-order valence-electron chi connectivity index (χ1n) is 6.84. The van der Waals surface area contributed by atoms with Crippen LogP contribution in [0.3, 0.4) is 0 Å². The quantitative estimate of drug-likeness (QED) is 0.855. The van der Waals surface area contributed by atoms with Gasteiger partial charge in [-0.1, -0.05) is 47.7 Å². The van der Waals surface area contributed by atoms with Gasteiger partial charge in [-0.15, -0.1) is 0 Å². The van der Waals surface area contributed by atoms with Gasteiger partial charge in [-0.2, -0.15) is 0 Å². The Labute approximate surface area is 117 Å². The van der Waals surface area contributed by atoms with Crippen molar-refractivity contribution >= 4 is 15.9 Å². The highest BCUT2D eigenvalue weighted by molar-refractivity contribution is 9.10. The average molecular weight is 314 g/mol. The molecule has 0 heterocycles. The maximum absolute atomic E-state index is 13.7. The Balaban J connectivity index is 1.80. The van der Waals surface area contributed by atoms with Crippen LogP contribution in [0.5, 0.6) is 0 Å². The lowest BCUT2D eigenvalue weighted by Crippen LogP contribution is -2.24. The molecule has 0 radical (unpaired) electrons. The molecule has 100 valence electrons. The largest absolute Gasteiger partial charge is 0.327 e. The van der Waals surface area contributed by atoms with E-state index in [-0.39, 0.29) is 11.9 Å². The molecule has 1 aromatic carbocycles. The van der Waals surface area contributed by atoms with E-state index in [1.165, 1.54) is 38.2 Å². The van der Waals surface area contributed by atoms with E-state index in [4.69, 9.17) is 5.73 Å². The molecule has 1 unspecified atom stereocenters. The van der Waals surface area contributed by atoms with Gasteiger partial charge in [-0.25, -0.2) is 4.39 Å². The molecule has 0 spiro atoms. The minimum atomic E-state index is -0.152. The Bertz CT molecular complexity index is 388. The lowest BCUT2D eigenvalue weighted by Gasteiger charge is -2.15. The Hall–Kier alpha value is -0.410. The molecule has 1 aliphatic carbocycles. The van der Waals surface area contributed by atoms with Crippen molar-refractivity contribution in [3.05, 3.63) is 34.1 Å². The van der Waals surface area contributed by atoms with Crippen molar-refractivity contribution in [2.45, 2.75) is 51.0 Å². The number of nitrogens with two attached hydrogens (primary N) is 1. The van der Waals surface area contributed by atoms with Crippen molar-refractivity contribution in [1.82, 2.24) is 0 Å². The Morgan fingerprint density at radius 3 is 2.72 bits per heavy atom. The van der Waals surface area contributed by atoms with Gasteiger partial charge in [0, 0.05) is 10.5 Å². The van der Waals surface area contributed by atoms with Gasteiger partial charge in [0.2, 0.25) is 0 Å². The first-order valence-corrected chi connectivity index (χ1v) is 7.64.